The number of hydrogen-bond acceptors (Lipinski definition) is 3. The molecule has 0 N–H and O–H groups in total. The normalized spacial score (nSPS) is 11.2. The Labute approximate surface area is 158 Å². The lowest BCUT2D eigenvalue weighted by molar-refractivity contribution is 0.112. The zero-order chi connectivity index (χ0) is 20.0. The van der Waals surface area contributed by atoms with Crippen LogP contribution >= 0.6 is 0 Å². The molecule has 0 aliphatic carbocycles. The van der Waals surface area contributed by atoms with E-state index in [0.29, 0.717) is 11.3 Å². The Bertz CT molecular complexity index is 702. The zero-order valence-electron chi connectivity index (χ0n) is 17.3. The van der Waals surface area contributed by atoms with E-state index in [2.05, 4.69) is 53.7 Å². The third-order valence-corrected chi connectivity index (χ3v) is 4.18. The second kappa shape index (κ2) is 8.88. The van der Waals surface area contributed by atoms with Crippen molar-refractivity contribution in [2.45, 2.75) is 52.4 Å². The summed E-state index contributed by atoms with van der Waals surface area (Å²) in [5, 5.41) is 0. The molecule has 0 heterocycles. The van der Waals surface area contributed by atoms with Crippen LogP contribution in [0.3, 0.4) is 0 Å². The lowest BCUT2D eigenvalue weighted by Crippen LogP contribution is -2.11. The third-order valence-electron chi connectivity index (χ3n) is 4.18. The molecular formula is C23H32O3. The molecule has 0 amide bonds. The minimum absolute atomic E-state index is 0.0596. The Morgan fingerprint density at radius 1 is 0.731 bits per heavy atom. The molecule has 0 radical (unpaired) electrons. The summed E-state index contributed by atoms with van der Waals surface area (Å²) in [5.74, 6) is 1.55. The molecule has 2 aromatic rings. The number of benzene rings is 2. The van der Waals surface area contributed by atoms with Crippen molar-refractivity contribution in [1.82, 2.24) is 0 Å². The van der Waals surface area contributed by atoms with E-state index in [4.69, 9.17) is 9.47 Å². The van der Waals surface area contributed by atoms with Crippen molar-refractivity contribution < 1.29 is 14.3 Å². The second-order valence-electron chi connectivity index (χ2n) is 8.30. The number of carbonyl (C=O) groups excluding carboxylic acids is 1. The van der Waals surface area contributed by atoms with Gasteiger partial charge in [-0.3, -0.25) is 4.79 Å². The quantitative estimate of drug-likeness (QED) is 0.652. The van der Waals surface area contributed by atoms with Gasteiger partial charge in [0.1, 0.15) is 11.5 Å². The first-order valence-electron chi connectivity index (χ1n) is 8.81. The maximum Gasteiger partial charge on any atom is 0.153 e. The Hall–Kier alpha value is -2.29. The summed E-state index contributed by atoms with van der Waals surface area (Å²) in [6, 6.07) is 13.9. The fourth-order valence-electron chi connectivity index (χ4n) is 2.38. The van der Waals surface area contributed by atoms with Crippen LogP contribution in [0.2, 0.25) is 0 Å². The smallest absolute Gasteiger partial charge is 0.153 e. The van der Waals surface area contributed by atoms with Crippen LogP contribution in [0.4, 0.5) is 0 Å². The molecule has 0 saturated heterocycles. The molecule has 0 aliphatic heterocycles. The summed E-state index contributed by atoms with van der Waals surface area (Å²) >= 11 is 0. The maximum atomic E-state index is 10.8. The van der Waals surface area contributed by atoms with Gasteiger partial charge in [0.25, 0.3) is 0 Å². The summed E-state index contributed by atoms with van der Waals surface area (Å²) < 4.78 is 10.2. The molecule has 3 heteroatoms. The van der Waals surface area contributed by atoms with Gasteiger partial charge in [-0.25, -0.2) is 0 Å². The molecule has 0 unspecified atom stereocenters. The molecule has 26 heavy (non-hydrogen) atoms. The van der Waals surface area contributed by atoms with Gasteiger partial charge in [0, 0.05) is 0 Å². The van der Waals surface area contributed by atoms with E-state index in [1.54, 1.807) is 14.2 Å². The molecule has 0 bridgehead atoms. The van der Waals surface area contributed by atoms with E-state index in [-0.39, 0.29) is 10.8 Å². The Morgan fingerprint density at radius 3 is 1.62 bits per heavy atom. The van der Waals surface area contributed by atoms with Crippen molar-refractivity contribution in [3.05, 3.63) is 59.2 Å². The molecule has 142 valence electrons. The number of methoxy groups -OCH3 is 2. The molecule has 2 aromatic carbocycles. The zero-order valence-corrected chi connectivity index (χ0v) is 17.3. The number of aldehydes is 1. The van der Waals surface area contributed by atoms with E-state index in [1.165, 1.54) is 5.56 Å². The molecule has 0 spiro atoms. The van der Waals surface area contributed by atoms with Crippen molar-refractivity contribution in [2.75, 3.05) is 14.2 Å². The first-order valence-corrected chi connectivity index (χ1v) is 8.81. The molecule has 0 aromatic heterocycles. The highest BCUT2D eigenvalue weighted by Crippen LogP contribution is 2.27. The average Bonchev–Trinajstić information content (AvgIpc) is 2.60. The minimum Gasteiger partial charge on any atom is -0.497 e. The lowest BCUT2D eigenvalue weighted by Gasteiger charge is -2.19. The summed E-state index contributed by atoms with van der Waals surface area (Å²) in [5.41, 5.74) is 3.37. The van der Waals surface area contributed by atoms with Crippen molar-refractivity contribution in [2.24, 2.45) is 0 Å². The van der Waals surface area contributed by atoms with Crippen molar-refractivity contribution in [3.8, 4) is 11.5 Å². The van der Waals surface area contributed by atoms with Crippen LogP contribution in [0, 0.1) is 0 Å². The van der Waals surface area contributed by atoms with Gasteiger partial charge >= 0.3 is 0 Å². The highest BCUT2D eigenvalue weighted by atomic mass is 16.5. The maximum absolute atomic E-state index is 10.8. The van der Waals surface area contributed by atoms with Gasteiger partial charge in [0.2, 0.25) is 0 Å². The van der Waals surface area contributed by atoms with Gasteiger partial charge in [0.05, 0.1) is 19.8 Å². The van der Waals surface area contributed by atoms with Gasteiger partial charge in [-0.05, 0) is 46.2 Å². The Morgan fingerprint density at radius 2 is 1.23 bits per heavy atom. The van der Waals surface area contributed by atoms with Crippen LogP contribution in [0.1, 0.15) is 63.0 Å². The highest BCUT2D eigenvalue weighted by Gasteiger charge is 2.15. The van der Waals surface area contributed by atoms with Gasteiger partial charge in [0.15, 0.2) is 6.29 Å². The Kier molecular flexibility index (Phi) is 7.43. The molecule has 0 aliphatic rings. The van der Waals surface area contributed by atoms with Gasteiger partial charge in [-0.1, -0.05) is 59.7 Å². The fourth-order valence-corrected chi connectivity index (χ4v) is 2.38. The number of ether oxygens (including phenoxy) is 2. The van der Waals surface area contributed by atoms with Crippen molar-refractivity contribution in [1.29, 1.82) is 0 Å². The summed E-state index contributed by atoms with van der Waals surface area (Å²) in [7, 11) is 3.26. The molecule has 0 atom stereocenters. The van der Waals surface area contributed by atoms with E-state index >= 15 is 0 Å². The van der Waals surface area contributed by atoms with Crippen molar-refractivity contribution >= 4 is 6.29 Å². The summed E-state index contributed by atoms with van der Waals surface area (Å²) in [6.45, 7) is 13.0. The van der Waals surface area contributed by atoms with E-state index in [0.717, 1.165) is 17.6 Å². The summed E-state index contributed by atoms with van der Waals surface area (Å²) in [6.07, 6.45) is 0.827. The third kappa shape index (κ3) is 6.21. The predicted molar refractivity (Wildman–Crippen MR) is 109 cm³/mol. The van der Waals surface area contributed by atoms with Crippen LogP contribution in [0.5, 0.6) is 11.5 Å². The lowest BCUT2D eigenvalue weighted by atomic mass is 9.86. The average molecular weight is 357 g/mol. The van der Waals surface area contributed by atoms with Crippen LogP contribution < -0.4 is 9.47 Å². The SMILES string of the molecule is COc1ccc(C(C)(C)C)cc1.COc1ccc(C(C)(C)C)cc1C=O. The largest absolute Gasteiger partial charge is 0.497 e. The number of hydrogen-bond donors (Lipinski definition) is 0. The van der Waals surface area contributed by atoms with Gasteiger partial charge in [-0.2, -0.15) is 0 Å². The van der Waals surface area contributed by atoms with Crippen LogP contribution in [0.25, 0.3) is 0 Å². The van der Waals surface area contributed by atoms with Crippen LogP contribution in [0.15, 0.2) is 42.5 Å². The highest BCUT2D eigenvalue weighted by molar-refractivity contribution is 5.79. The van der Waals surface area contributed by atoms with Gasteiger partial charge < -0.3 is 9.47 Å². The van der Waals surface area contributed by atoms with Gasteiger partial charge in [-0.15, -0.1) is 0 Å². The van der Waals surface area contributed by atoms with Crippen LogP contribution in [-0.4, -0.2) is 20.5 Å². The van der Waals surface area contributed by atoms with E-state index in [9.17, 15) is 4.79 Å². The molecule has 2 rings (SSSR count). The standard InChI is InChI=1S/C12H16O2.C11H16O/c1-12(2,3)10-5-6-11(14-4)9(7-10)8-13;1-11(2,3)9-5-7-10(12-4)8-6-9/h5-8H,1-4H3;5-8H,1-4H3. The topological polar surface area (TPSA) is 35.5 Å². The minimum atomic E-state index is 0.0596. The van der Waals surface area contributed by atoms with E-state index in [1.807, 2.05) is 30.3 Å². The molecule has 3 nitrogen and oxygen atoms in total. The second-order valence-corrected chi connectivity index (χ2v) is 8.30. The van der Waals surface area contributed by atoms with Crippen LogP contribution in [-0.2, 0) is 10.8 Å². The molecule has 0 saturated carbocycles. The monoisotopic (exact) mass is 356 g/mol. The first kappa shape index (κ1) is 21.8. The van der Waals surface area contributed by atoms with E-state index < -0.39 is 0 Å². The Balaban J connectivity index is 0.000000263. The number of rotatable bonds is 3. The fraction of sp³-hybridized carbons (Fsp3) is 0.435. The molecular weight excluding hydrogens is 324 g/mol. The predicted octanol–water partition coefficient (Wildman–Crippen LogP) is 5.80. The first-order chi connectivity index (χ1) is 12.0. The summed E-state index contributed by atoms with van der Waals surface area (Å²) in [4.78, 5) is 10.8. The molecule has 0 fully saturated rings. The number of carbonyl (C=O) groups is 1. The van der Waals surface area contributed by atoms with Crippen molar-refractivity contribution in [3.63, 3.8) is 0 Å².